The number of hydrogen-bond donors (Lipinski definition) is 4. The number of nitrogens with zero attached hydrogens (tertiary/aromatic N) is 1. The summed E-state index contributed by atoms with van der Waals surface area (Å²) in [4.78, 5) is 68.8. The predicted octanol–water partition coefficient (Wildman–Crippen LogP) is 5.70. The minimum atomic E-state index is -5.30. The number of carbonyl (C=O) groups excluding carboxylic acids is 5. The van der Waals surface area contributed by atoms with Crippen LogP contribution in [0.5, 0.6) is 5.75 Å². The number of rotatable bonds is 17. The molecule has 0 aliphatic carbocycles. The molecule has 4 N–H and O–H groups in total. The number of hydrogen-bond acceptors (Lipinski definition) is 7. The molecule has 0 saturated carbocycles. The third-order valence-electron chi connectivity index (χ3n) is 7.82. The number of amides is 4. The molecule has 3 unspecified atom stereocenters. The van der Waals surface area contributed by atoms with E-state index in [1.54, 1.807) is 12.1 Å². The number of unbranched alkanes of at least 4 members (excludes halogenated alkanes) is 1. The highest BCUT2D eigenvalue weighted by molar-refractivity contribution is 6.42. The summed E-state index contributed by atoms with van der Waals surface area (Å²) in [6.45, 7) is 2.61. The van der Waals surface area contributed by atoms with Crippen LogP contribution in [0.2, 0.25) is 10.0 Å². The first-order valence-corrected chi connectivity index (χ1v) is 16.8. The van der Waals surface area contributed by atoms with E-state index in [4.69, 9.17) is 27.9 Å². The SMILES string of the molecule is COc1ccc(C(NC(=O)C(CCCCNC(=O)c2ccccn2)NC(=O)C(F)(F)c2ccc(Cl)c(Cl)c2)C(=O)NC(C(=O)C(F)(F)F)C(C)C)cc1. The largest absolute Gasteiger partial charge is 0.497 e. The lowest BCUT2D eigenvalue weighted by Gasteiger charge is -2.28. The Morgan fingerprint density at radius 2 is 1.51 bits per heavy atom. The van der Waals surface area contributed by atoms with Gasteiger partial charge in [0.25, 0.3) is 17.6 Å². The molecule has 2 aromatic carbocycles. The third-order valence-corrected chi connectivity index (χ3v) is 8.56. The maximum absolute atomic E-state index is 15.4. The molecule has 1 heterocycles. The van der Waals surface area contributed by atoms with Crippen molar-refractivity contribution in [1.29, 1.82) is 0 Å². The summed E-state index contributed by atoms with van der Waals surface area (Å²) in [6, 6.07) is 7.26. The van der Waals surface area contributed by atoms with Gasteiger partial charge in [0.05, 0.1) is 23.2 Å². The average Bonchev–Trinajstić information content (AvgIpc) is 3.12. The number of halogens is 7. The molecule has 1 aromatic heterocycles. The Labute approximate surface area is 311 Å². The standard InChI is InChI=1S/C35H36Cl2F5N5O6/c1-19(2)27(29(48)35(40,41)42)46-32(51)28(20-10-13-22(53-3)14-11-20)47-31(50)26(9-5-7-17-44-30(49)25-8-4-6-16-43-25)45-33(52)34(38,39)21-12-15-23(36)24(37)18-21/h4,6,8,10-16,18-19,26-28H,5,7,9,17H2,1-3H3,(H,44,49)(H,45,52)(H,46,51)(H,47,50). The van der Waals surface area contributed by atoms with Crippen LogP contribution in [0.3, 0.4) is 0 Å². The van der Waals surface area contributed by atoms with Crippen molar-refractivity contribution in [2.24, 2.45) is 5.92 Å². The lowest BCUT2D eigenvalue weighted by Crippen LogP contribution is -2.55. The molecule has 0 radical (unpaired) electrons. The van der Waals surface area contributed by atoms with Crippen molar-refractivity contribution < 1.29 is 50.7 Å². The fraction of sp³-hybridized carbons (Fsp3) is 0.371. The number of ether oxygens (including phenoxy) is 1. The van der Waals surface area contributed by atoms with E-state index in [-0.39, 0.29) is 47.1 Å². The third kappa shape index (κ3) is 11.8. The van der Waals surface area contributed by atoms with Crippen LogP contribution in [0.1, 0.15) is 60.8 Å². The summed E-state index contributed by atoms with van der Waals surface area (Å²) in [7, 11) is 1.35. The molecule has 0 bridgehead atoms. The van der Waals surface area contributed by atoms with Crippen LogP contribution in [0.15, 0.2) is 66.9 Å². The van der Waals surface area contributed by atoms with Gasteiger partial charge < -0.3 is 26.0 Å². The van der Waals surface area contributed by atoms with Crippen LogP contribution in [0.25, 0.3) is 0 Å². The first kappa shape index (κ1) is 42.6. The van der Waals surface area contributed by atoms with Gasteiger partial charge >= 0.3 is 12.1 Å². The number of alkyl halides is 5. The number of methoxy groups -OCH3 is 1. The van der Waals surface area contributed by atoms with E-state index in [9.17, 15) is 37.1 Å². The Morgan fingerprint density at radius 3 is 2.08 bits per heavy atom. The van der Waals surface area contributed by atoms with E-state index in [1.807, 2.05) is 10.6 Å². The van der Waals surface area contributed by atoms with Crippen molar-refractivity contribution >= 4 is 52.6 Å². The number of nitrogens with one attached hydrogen (secondary N) is 4. The first-order valence-electron chi connectivity index (χ1n) is 16.1. The van der Waals surface area contributed by atoms with Gasteiger partial charge in [-0.25, -0.2) is 0 Å². The van der Waals surface area contributed by atoms with Crippen molar-refractivity contribution in [3.8, 4) is 5.75 Å². The molecule has 11 nitrogen and oxygen atoms in total. The molecular weight excluding hydrogens is 752 g/mol. The summed E-state index contributed by atoms with van der Waals surface area (Å²) < 4.78 is 76.1. The van der Waals surface area contributed by atoms with Crippen molar-refractivity contribution in [3.63, 3.8) is 0 Å². The number of ketones is 1. The number of carbonyl (C=O) groups is 5. The normalized spacial score (nSPS) is 13.3. The smallest absolute Gasteiger partial charge is 0.452 e. The summed E-state index contributed by atoms with van der Waals surface area (Å²) in [6.07, 6.45) is -3.92. The second-order valence-electron chi connectivity index (χ2n) is 12.0. The van der Waals surface area contributed by atoms with Gasteiger partial charge in [-0.15, -0.1) is 0 Å². The number of Topliss-reactive ketones (excluding diaryl/α,β-unsaturated/α-hetero) is 1. The molecule has 3 atom stereocenters. The van der Waals surface area contributed by atoms with E-state index in [1.165, 1.54) is 57.5 Å². The van der Waals surface area contributed by atoms with Gasteiger partial charge in [0, 0.05) is 18.3 Å². The zero-order valence-electron chi connectivity index (χ0n) is 28.5. The molecule has 0 saturated heterocycles. The van der Waals surface area contributed by atoms with Crippen LogP contribution in [-0.4, -0.2) is 66.3 Å². The molecule has 0 aliphatic heterocycles. The Kier molecular flexibility index (Phi) is 15.1. The van der Waals surface area contributed by atoms with Gasteiger partial charge in [-0.05, 0) is 67.1 Å². The van der Waals surface area contributed by atoms with Crippen LogP contribution < -0.4 is 26.0 Å². The Balaban J connectivity index is 1.89. The number of benzene rings is 2. The quantitative estimate of drug-likeness (QED) is 0.101. The molecule has 0 aliphatic rings. The van der Waals surface area contributed by atoms with Crippen molar-refractivity contribution in [3.05, 3.63) is 93.7 Å². The minimum absolute atomic E-state index is 0.0158. The summed E-state index contributed by atoms with van der Waals surface area (Å²) in [5.74, 6) is -12.0. The maximum Gasteiger partial charge on any atom is 0.452 e. The first-order chi connectivity index (χ1) is 24.9. The molecular formula is C35H36Cl2F5N5O6. The molecule has 286 valence electrons. The Hall–Kier alpha value is -4.83. The van der Waals surface area contributed by atoms with Gasteiger partial charge in [-0.2, -0.15) is 22.0 Å². The van der Waals surface area contributed by atoms with E-state index >= 15 is 8.78 Å². The van der Waals surface area contributed by atoms with E-state index < -0.39 is 71.1 Å². The monoisotopic (exact) mass is 787 g/mol. The van der Waals surface area contributed by atoms with Gasteiger partial charge in [0.2, 0.25) is 11.8 Å². The second-order valence-corrected chi connectivity index (χ2v) is 12.8. The van der Waals surface area contributed by atoms with Crippen molar-refractivity contribution in [2.75, 3.05) is 13.7 Å². The maximum atomic E-state index is 15.4. The molecule has 18 heteroatoms. The highest BCUT2D eigenvalue weighted by Gasteiger charge is 2.46. The second kappa shape index (κ2) is 18.8. The van der Waals surface area contributed by atoms with Crippen LogP contribution >= 0.6 is 23.2 Å². The summed E-state index contributed by atoms with van der Waals surface area (Å²) in [5.41, 5.74) is -0.687. The van der Waals surface area contributed by atoms with E-state index in [2.05, 4.69) is 15.6 Å². The average molecular weight is 789 g/mol. The van der Waals surface area contributed by atoms with E-state index in [0.29, 0.717) is 5.75 Å². The van der Waals surface area contributed by atoms with Gasteiger partial charge in [0.15, 0.2) is 0 Å². The molecule has 0 fully saturated rings. The fourth-order valence-corrected chi connectivity index (χ4v) is 5.19. The van der Waals surface area contributed by atoms with E-state index in [0.717, 1.165) is 18.2 Å². The fourth-order valence-electron chi connectivity index (χ4n) is 4.89. The number of aromatic nitrogens is 1. The summed E-state index contributed by atoms with van der Waals surface area (Å²) >= 11 is 11.7. The van der Waals surface area contributed by atoms with Gasteiger partial charge in [-0.1, -0.05) is 61.3 Å². The summed E-state index contributed by atoms with van der Waals surface area (Å²) in [5, 5.41) is 8.66. The van der Waals surface area contributed by atoms with Gasteiger partial charge in [0.1, 0.15) is 23.5 Å². The van der Waals surface area contributed by atoms with Crippen LogP contribution in [-0.2, 0) is 25.1 Å². The zero-order valence-corrected chi connectivity index (χ0v) is 30.0. The predicted molar refractivity (Wildman–Crippen MR) is 184 cm³/mol. The molecule has 4 amide bonds. The topological polar surface area (TPSA) is 156 Å². The lowest BCUT2D eigenvalue weighted by atomic mass is 9.97. The molecule has 53 heavy (non-hydrogen) atoms. The highest BCUT2D eigenvalue weighted by atomic mass is 35.5. The molecule has 3 rings (SSSR count). The van der Waals surface area contributed by atoms with Crippen molar-refractivity contribution in [1.82, 2.24) is 26.3 Å². The van der Waals surface area contributed by atoms with Crippen LogP contribution in [0, 0.1) is 5.92 Å². The Morgan fingerprint density at radius 1 is 0.830 bits per heavy atom. The minimum Gasteiger partial charge on any atom is -0.497 e. The van der Waals surface area contributed by atoms with Gasteiger partial charge in [-0.3, -0.25) is 29.0 Å². The van der Waals surface area contributed by atoms with Crippen LogP contribution in [0.4, 0.5) is 22.0 Å². The molecule has 3 aromatic rings. The zero-order chi connectivity index (χ0) is 39.5. The Bertz CT molecular complexity index is 1760. The lowest BCUT2D eigenvalue weighted by molar-refractivity contribution is -0.175. The highest BCUT2D eigenvalue weighted by Crippen LogP contribution is 2.33. The molecule has 0 spiro atoms. The number of pyridine rings is 1. The van der Waals surface area contributed by atoms with Crippen molar-refractivity contribution in [2.45, 2.75) is 63.3 Å².